The zero-order chi connectivity index (χ0) is 12.8. The highest BCUT2D eigenvalue weighted by molar-refractivity contribution is 9.10. The molecule has 0 heterocycles. The van der Waals surface area contributed by atoms with Crippen LogP contribution in [-0.2, 0) is 6.67 Å². The highest BCUT2D eigenvalue weighted by atomic mass is 79.9. The maximum absolute atomic E-state index is 12.6. The average Bonchev–Trinajstić information content (AvgIpc) is 2.28. The molecule has 92 valence electrons. The van der Waals surface area contributed by atoms with E-state index < -0.39 is 6.67 Å². The maximum Gasteiger partial charge on any atom is 0.122 e. The number of rotatable bonds is 5. The Kier molecular flexibility index (Phi) is 5.15. The van der Waals surface area contributed by atoms with E-state index in [1.807, 2.05) is 11.9 Å². The molecular weight excluding hydrogens is 287 g/mol. The summed E-state index contributed by atoms with van der Waals surface area (Å²) in [5.41, 5.74) is 0.804. The van der Waals surface area contributed by atoms with Crippen molar-refractivity contribution in [1.29, 1.82) is 0 Å². The molecule has 1 aromatic rings. The van der Waals surface area contributed by atoms with Gasteiger partial charge in [-0.2, -0.15) is 0 Å². The van der Waals surface area contributed by atoms with Gasteiger partial charge in [0.25, 0.3) is 0 Å². The fraction of sp³-hybridized carbons (Fsp3) is 0.250. The summed E-state index contributed by atoms with van der Waals surface area (Å²) in [6.45, 7) is 3.57. The first-order valence-corrected chi connectivity index (χ1v) is 5.80. The highest BCUT2D eigenvalue weighted by Crippen LogP contribution is 2.32. The first-order chi connectivity index (χ1) is 8.08. The Morgan fingerprint density at radius 3 is 2.88 bits per heavy atom. The summed E-state index contributed by atoms with van der Waals surface area (Å²) in [4.78, 5) is 6.04. The second-order valence-electron chi connectivity index (χ2n) is 3.54. The molecule has 0 radical (unpaired) electrons. The first-order valence-electron chi connectivity index (χ1n) is 5.01. The van der Waals surface area contributed by atoms with Crippen molar-refractivity contribution in [3.05, 3.63) is 34.8 Å². The van der Waals surface area contributed by atoms with E-state index in [9.17, 15) is 9.50 Å². The molecule has 0 saturated carbocycles. The smallest absolute Gasteiger partial charge is 0.122 e. The van der Waals surface area contributed by atoms with Crippen LogP contribution in [0.4, 0.5) is 10.1 Å². The van der Waals surface area contributed by atoms with Crippen molar-refractivity contribution < 1.29 is 9.50 Å². The second-order valence-corrected chi connectivity index (χ2v) is 4.39. The van der Waals surface area contributed by atoms with E-state index in [2.05, 4.69) is 27.5 Å². The molecule has 0 aliphatic rings. The molecule has 0 bridgehead atoms. The third-order valence-electron chi connectivity index (χ3n) is 2.10. The Balaban J connectivity index is 2.94. The summed E-state index contributed by atoms with van der Waals surface area (Å²) >= 11 is 3.26. The van der Waals surface area contributed by atoms with Gasteiger partial charge in [0.2, 0.25) is 0 Å². The lowest BCUT2D eigenvalue weighted by molar-refractivity contribution is 0.432. The van der Waals surface area contributed by atoms with Gasteiger partial charge in [-0.15, -0.1) is 6.58 Å². The van der Waals surface area contributed by atoms with Crippen LogP contribution in [0.15, 0.2) is 34.3 Å². The van der Waals surface area contributed by atoms with Crippen LogP contribution >= 0.6 is 15.9 Å². The van der Waals surface area contributed by atoms with Crippen LogP contribution in [0.25, 0.3) is 0 Å². The zero-order valence-corrected chi connectivity index (χ0v) is 11.1. The Hall–Kier alpha value is -1.36. The fourth-order valence-electron chi connectivity index (χ4n) is 1.21. The topological polar surface area (TPSA) is 35.8 Å². The number of likely N-dealkylation sites (N-methyl/N-ethyl adjacent to an activating group) is 1. The molecule has 3 nitrogen and oxygen atoms in total. The van der Waals surface area contributed by atoms with E-state index in [4.69, 9.17) is 0 Å². The van der Waals surface area contributed by atoms with Crippen molar-refractivity contribution >= 4 is 28.0 Å². The monoisotopic (exact) mass is 300 g/mol. The SMILES string of the molecule is C=CCN(C)C=Nc1cc(CF)c(O)cc1Br. The third-order valence-corrected chi connectivity index (χ3v) is 2.74. The minimum Gasteiger partial charge on any atom is -0.508 e. The molecule has 0 aliphatic heterocycles. The van der Waals surface area contributed by atoms with E-state index in [0.717, 1.165) is 0 Å². The Morgan fingerprint density at radius 2 is 2.29 bits per heavy atom. The van der Waals surface area contributed by atoms with E-state index in [1.54, 1.807) is 12.4 Å². The summed E-state index contributed by atoms with van der Waals surface area (Å²) in [5, 5.41) is 9.43. The maximum atomic E-state index is 12.6. The normalized spacial score (nSPS) is 10.8. The lowest BCUT2D eigenvalue weighted by Gasteiger charge is -2.10. The molecule has 0 fully saturated rings. The van der Waals surface area contributed by atoms with Crippen LogP contribution in [-0.4, -0.2) is 29.9 Å². The Morgan fingerprint density at radius 1 is 1.59 bits per heavy atom. The summed E-state index contributed by atoms with van der Waals surface area (Å²) in [6.07, 6.45) is 3.38. The van der Waals surface area contributed by atoms with Crippen LogP contribution in [0.5, 0.6) is 5.75 Å². The third kappa shape index (κ3) is 3.85. The van der Waals surface area contributed by atoms with Gasteiger partial charge >= 0.3 is 0 Å². The second kappa shape index (κ2) is 6.39. The highest BCUT2D eigenvalue weighted by Gasteiger charge is 2.06. The number of benzene rings is 1. The molecule has 0 saturated heterocycles. The molecule has 0 unspecified atom stereocenters. The predicted molar refractivity (Wildman–Crippen MR) is 71.6 cm³/mol. The van der Waals surface area contributed by atoms with E-state index in [0.29, 0.717) is 16.7 Å². The van der Waals surface area contributed by atoms with Crippen LogP contribution in [0.3, 0.4) is 0 Å². The number of phenols is 1. The first kappa shape index (κ1) is 13.7. The molecule has 5 heteroatoms. The number of halogens is 2. The average molecular weight is 301 g/mol. The van der Waals surface area contributed by atoms with Gasteiger partial charge in [0.05, 0.1) is 12.0 Å². The summed E-state index contributed by atoms with van der Waals surface area (Å²) in [6, 6.07) is 2.95. The van der Waals surface area contributed by atoms with Crippen molar-refractivity contribution in [3.8, 4) is 5.75 Å². The standard InChI is InChI=1S/C12H14BrFN2O/c1-3-4-16(2)8-15-11-5-9(7-14)12(17)6-10(11)13/h3,5-6,8,17H,1,4,7H2,2H3. The Bertz CT molecular complexity index is 435. The van der Waals surface area contributed by atoms with Crippen LogP contribution in [0.2, 0.25) is 0 Å². The lowest BCUT2D eigenvalue weighted by atomic mass is 10.2. The fourth-order valence-corrected chi connectivity index (χ4v) is 1.65. The molecule has 17 heavy (non-hydrogen) atoms. The van der Waals surface area contributed by atoms with Gasteiger partial charge in [-0.05, 0) is 28.1 Å². The van der Waals surface area contributed by atoms with Crippen LogP contribution in [0.1, 0.15) is 5.56 Å². The van der Waals surface area contributed by atoms with E-state index in [1.165, 1.54) is 12.1 Å². The minimum atomic E-state index is -0.718. The molecule has 1 aromatic carbocycles. The van der Waals surface area contributed by atoms with Gasteiger partial charge in [0.15, 0.2) is 0 Å². The zero-order valence-electron chi connectivity index (χ0n) is 9.53. The molecular formula is C12H14BrFN2O. The van der Waals surface area contributed by atoms with Crippen molar-refractivity contribution in [2.45, 2.75) is 6.67 Å². The number of hydrogen-bond acceptors (Lipinski definition) is 2. The van der Waals surface area contributed by atoms with Gasteiger partial charge in [0.1, 0.15) is 12.4 Å². The van der Waals surface area contributed by atoms with Gasteiger partial charge < -0.3 is 10.0 Å². The molecule has 1 N–H and O–H groups in total. The van der Waals surface area contributed by atoms with E-state index in [-0.39, 0.29) is 11.3 Å². The molecule has 1 rings (SSSR count). The predicted octanol–water partition coefficient (Wildman–Crippen LogP) is 3.40. The summed E-state index contributed by atoms with van der Waals surface area (Å²) < 4.78 is 13.2. The molecule has 0 aromatic heterocycles. The van der Waals surface area contributed by atoms with E-state index >= 15 is 0 Å². The molecule has 0 aliphatic carbocycles. The van der Waals surface area contributed by atoms with Gasteiger partial charge in [0, 0.05) is 23.6 Å². The number of phenolic OH excluding ortho intramolecular Hbond substituents is 1. The Labute approximate surface area is 108 Å². The number of aliphatic imine (C=N–C) groups is 1. The summed E-state index contributed by atoms with van der Waals surface area (Å²) in [5.74, 6) is -0.0715. The number of aromatic hydroxyl groups is 1. The van der Waals surface area contributed by atoms with Gasteiger partial charge in [-0.3, -0.25) is 0 Å². The van der Waals surface area contributed by atoms with Crippen molar-refractivity contribution in [2.75, 3.05) is 13.6 Å². The van der Waals surface area contributed by atoms with Crippen molar-refractivity contribution in [3.63, 3.8) is 0 Å². The largest absolute Gasteiger partial charge is 0.508 e. The van der Waals surface area contributed by atoms with Crippen molar-refractivity contribution in [2.24, 2.45) is 4.99 Å². The van der Waals surface area contributed by atoms with Crippen LogP contribution in [0, 0.1) is 0 Å². The number of alkyl halides is 1. The number of hydrogen-bond donors (Lipinski definition) is 1. The molecule has 0 spiro atoms. The number of nitrogens with zero attached hydrogens (tertiary/aromatic N) is 2. The quantitative estimate of drug-likeness (QED) is 0.514. The van der Waals surface area contributed by atoms with Crippen molar-refractivity contribution in [1.82, 2.24) is 4.90 Å². The van der Waals surface area contributed by atoms with Gasteiger partial charge in [-0.1, -0.05) is 6.08 Å². The molecule has 0 amide bonds. The minimum absolute atomic E-state index is 0.0715. The summed E-state index contributed by atoms with van der Waals surface area (Å²) in [7, 11) is 1.86. The van der Waals surface area contributed by atoms with Gasteiger partial charge in [-0.25, -0.2) is 9.38 Å². The van der Waals surface area contributed by atoms with Crippen LogP contribution < -0.4 is 0 Å². The molecule has 0 atom stereocenters. The lowest BCUT2D eigenvalue weighted by Crippen LogP contribution is -2.15.